The van der Waals surface area contributed by atoms with E-state index in [-0.39, 0.29) is 34.2 Å². The molecule has 1 fully saturated rings. The van der Waals surface area contributed by atoms with E-state index in [1.807, 2.05) is 31.2 Å². The van der Waals surface area contributed by atoms with Crippen molar-refractivity contribution in [2.24, 2.45) is 0 Å². The number of benzene rings is 2. The second kappa shape index (κ2) is 11.6. The lowest BCUT2D eigenvalue weighted by Crippen LogP contribution is -2.52. The summed E-state index contributed by atoms with van der Waals surface area (Å²) in [6.45, 7) is 3.24. The zero-order valence-corrected chi connectivity index (χ0v) is 22.5. The predicted octanol–water partition coefficient (Wildman–Crippen LogP) is 4.54. The molecular weight excluding hydrogens is 509 g/mol. The topological polar surface area (TPSA) is 86.8 Å². The molecule has 10 heteroatoms. The molecule has 2 amide bonds. The number of rotatable bonds is 9. The van der Waals surface area contributed by atoms with Crippen LogP contribution in [0.3, 0.4) is 0 Å². The van der Waals surface area contributed by atoms with Crippen molar-refractivity contribution in [3.05, 3.63) is 63.6 Å². The first-order valence-corrected chi connectivity index (χ1v) is 14.1. The van der Waals surface area contributed by atoms with Crippen LogP contribution in [0.15, 0.2) is 42.5 Å². The fourth-order valence-electron chi connectivity index (χ4n) is 4.25. The molecule has 1 unspecified atom stereocenters. The number of hydrogen-bond donors (Lipinski definition) is 1. The summed E-state index contributed by atoms with van der Waals surface area (Å²) in [4.78, 5) is 28.1. The minimum absolute atomic E-state index is 0.0960. The minimum Gasteiger partial charge on any atom is -0.352 e. The lowest BCUT2D eigenvalue weighted by Gasteiger charge is -2.32. The van der Waals surface area contributed by atoms with Gasteiger partial charge < -0.3 is 10.2 Å². The van der Waals surface area contributed by atoms with Crippen LogP contribution in [0.1, 0.15) is 43.7 Å². The quantitative estimate of drug-likeness (QED) is 0.506. The zero-order chi connectivity index (χ0) is 25.8. The molecule has 1 N–H and O–H groups in total. The van der Waals surface area contributed by atoms with Crippen LogP contribution in [-0.4, -0.2) is 50.0 Å². The first kappa shape index (κ1) is 27.3. The van der Waals surface area contributed by atoms with E-state index in [2.05, 4.69) is 5.32 Å². The number of amides is 2. The van der Waals surface area contributed by atoms with Crippen molar-refractivity contribution in [3.8, 4) is 0 Å². The average Bonchev–Trinajstić information content (AvgIpc) is 3.29. The monoisotopic (exact) mass is 539 g/mol. The summed E-state index contributed by atoms with van der Waals surface area (Å²) in [7, 11) is -3.89. The summed E-state index contributed by atoms with van der Waals surface area (Å²) < 4.78 is 26.3. The van der Waals surface area contributed by atoms with Gasteiger partial charge in [-0.15, -0.1) is 0 Å². The smallest absolute Gasteiger partial charge is 0.244 e. The van der Waals surface area contributed by atoms with E-state index in [0.717, 1.165) is 47.4 Å². The Morgan fingerprint density at radius 2 is 1.80 bits per heavy atom. The molecule has 1 atom stereocenters. The first-order valence-electron chi connectivity index (χ1n) is 11.5. The molecule has 0 bridgehead atoms. The number of aryl methyl sites for hydroxylation is 1. The summed E-state index contributed by atoms with van der Waals surface area (Å²) >= 11 is 12.3. The average molecular weight is 541 g/mol. The van der Waals surface area contributed by atoms with Crippen molar-refractivity contribution >= 4 is 50.7 Å². The summed E-state index contributed by atoms with van der Waals surface area (Å²) in [6, 6.07) is 11.3. The Morgan fingerprint density at radius 1 is 1.11 bits per heavy atom. The van der Waals surface area contributed by atoms with Crippen molar-refractivity contribution in [3.63, 3.8) is 0 Å². The molecule has 3 rings (SSSR count). The van der Waals surface area contributed by atoms with Crippen LogP contribution < -0.4 is 9.62 Å². The Balaban J connectivity index is 1.91. The third kappa shape index (κ3) is 7.35. The van der Waals surface area contributed by atoms with Crippen molar-refractivity contribution in [1.29, 1.82) is 0 Å². The van der Waals surface area contributed by atoms with Gasteiger partial charge in [0.15, 0.2) is 0 Å². The van der Waals surface area contributed by atoms with Gasteiger partial charge in [-0.1, -0.05) is 65.9 Å². The van der Waals surface area contributed by atoms with Crippen LogP contribution >= 0.6 is 23.2 Å². The third-order valence-electron chi connectivity index (χ3n) is 6.16. The number of nitrogens with zero attached hydrogens (tertiary/aromatic N) is 2. The predicted molar refractivity (Wildman–Crippen MR) is 140 cm³/mol. The van der Waals surface area contributed by atoms with Crippen LogP contribution in [0.2, 0.25) is 10.0 Å². The Morgan fingerprint density at radius 3 is 2.43 bits per heavy atom. The van der Waals surface area contributed by atoms with E-state index < -0.39 is 28.5 Å². The highest BCUT2D eigenvalue weighted by Crippen LogP contribution is 2.31. The van der Waals surface area contributed by atoms with Gasteiger partial charge in [0.05, 0.1) is 17.0 Å². The maximum atomic E-state index is 13.6. The SMILES string of the molecule is Cc1cccc(CN(C(=O)CN(c2cc(Cl)ccc2Cl)S(C)(=O)=O)C(C)C(=O)NC2CCCC2)c1. The molecule has 0 heterocycles. The number of nitrogens with one attached hydrogen (secondary N) is 1. The highest BCUT2D eigenvalue weighted by Gasteiger charge is 2.32. The van der Waals surface area contributed by atoms with Crippen molar-refractivity contribution < 1.29 is 18.0 Å². The Labute approximate surface area is 217 Å². The van der Waals surface area contributed by atoms with Crippen LogP contribution in [0, 0.1) is 6.92 Å². The second-order valence-electron chi connectivity index (χ2n) is 9.04. The minimum atomic E-state index is -3.89. The lowest BCUT2D eigenvalue weighted by atomic mass is 10.1. The van der Waals surface area contributed by atoms with Gasteiger partial charge in [-0.05, 0) is 50.5 Å². The molecule has 0 aromatic heterocycles. The number of halogens is 2. The molecule has 190 valence electrons. The fourth-order valence-corrected chi connectivity index (χ4v) is 5.54. The summed E-state index contributed by atoms with van der Waals surface area (Å²) in [6.07, 6.45) is 4.96. The first-order chi connectivity index (χ1) is 16.5. The molecule has 2 aromatic carbocycles. The van der Waals surface area contributed by atoms with Crippen LogP contribution in [0.5, 0.6) is 0 Å². The molecule has 0 spiro atoms. The van der Waals surface area contributed by atoms with E-state index in [1.165, 1.54) is 23.1 Å². The standard InChI is InChI=1S/C25H31Cl2N3O4S/c1-17-7-6-8-19(13-17)15-29(18(2)25(32)28-21-9-4-5-10-21)24(31)16-30(35(3,33)34)23-14-20(26)11-12-22(23)27/h6-8,11-14,18,21H,4-5,9-10,15-16H2,1-3H3,(H,28,32). The third-order valence-corrected chi connectivity index (χ3v) is 7.84. The van der Waals surface area contributed by atoms with Gasteiger partial charge >= 0.3 is 0 Å². The van der Waals surface area contributed by atoms with E-state index >= 15 is 0 Å². The van der Waals surface area contributed by atoms with E-state index in [9.17, 15) is 18.0 Å². The second-order valence-corrected chi connectivity index (χ2v) is 11.8. The Bertz CT molecular complexity index is 1180. The van der Waals surface area contributed by atoms with E-state index in [0.29, 0.717) is 0 Å². The van der Waals surface area contributed by atoms with Crippen molar-refractivity contribution in [2.45, 2.75) is 58.2 Å². The fraction of sp³-hybridized carbons (Fsp3) is 0.440. The van der Waals surface area contributed by atoms with Gasteiger partial charge in [0.1, 0.15) is 12.6 Å². The maximum Gasteiger partial charge on any atom is 0.244 e. The van der Waals surface area contributed by atoms with Crippen LogP contribution in [0.4, 0.5) is 5.69 Å². The molecule has 2 aromatic rings. The van der Waals surface area contributed by atoms with Gasteiger partial charge in [-0.25, -0.2) is 8.42 Å². The van der Waals surface area contributed by atoms with Gasteiger partial charge in [0.25, 0.3) is 0 Å². The highest BCUT2D eigenvalue weighted by atomic mass is 35.5. The largest absolute Gasteiger partial charge is 0.352 e. The number of sulfonamides is 1. The zero-order valence-electron chi connectivity index (χ0n) is 20.1. The summed E-state index contributed by atoms with van der Waals surface area (Å²) in [5.41, 5.74) is 1.96. The maximum absolute atomic E-state index is 13.6. The summed E-state index contributed by atoms with van der Waals surface area (Å²) in [5.74, 6) is -0.786. The normalized spacial score (nSPS) is 15.0. The molecule has 1 aliphatic carbocycles. The molecular formula is C25H31Cl2N3O4S. The van der Waals surface area contributed by atoms with E-state index in [1.54, 1.807) is 6.92 Å². The number of carbonyl (C=O) groups is 2. The molecule has 7 nitrogen and oxygen atoms in total. The summed E-state index contributed by atoms with van der Waals surface area (Å²) in [5, 5.41) is 3.47. The molecule has 0 radical (unpaired) electrons. The van der Waals surface area contributed by atoms with Crippen molar-refractivity contribution in [2.75, 3.05) is 17.1 Å². The van der Waals surface area contributed by atoms with Crippen molar-refractivity contribution in [1.82, 2.24) is 10.2 Å². The molecule has 1 saturated carbocycles. The van der Waals surface area contributed by atoms with E-state index in [4.69, 9.17) is 23.2 Å². The number of hydrogen-bond acceptors (Lipinski definition) is 4. The van der Waals surface area contributed by atoms with Gasteiger partial charge in [-0.2, -0.15) is 0 Å². The molecule has 0 saturated heterocycles. The Hall–Kier alpha value is -2.29. The number of carbonyl (C=O) groups excluding carboxylic acids is 2. The van der Waals surface area contributed by atoms with Crippen LogP contribution in [-0.2, 0) is 26.2 Å². The van der Waals surface area contributed by atoms with Gasteiger partial charge in [-0.3, -0.25) is 13.9 Å². The van der Waals surface area contributed by atoms with Gasteiger partial charge in [0, 0.05) is 17.6 Å². The molecule has 35 heavy (non-hydrogen) atoms. The molecule has 0 aliphatic heterocycles. The number of anilines is 1. The lowest BCUT2D eigenvalue weighted by molar-refractivity contribution is -0.139. The molecule has 1 aliphatic rings. The van der Waals surface area contributed by atoms with Gasteiger partial charge in [0.2, 0.25) is 21.8 Å². The van der Waals surface area contributed by atoms with Crippen LogP contribution in [0.25, 0.3) is 0 Å². The Kier molecular flexibility index (Phi) is 9.07. The highest BCUT2D eigenvalue weighted by molar-refractivity contribution is 7.92.